The van der Waals surface area contributed by atoms with Gasteiger partial charge in [0.15, 0.2) is 0 Å². The van der Waals surface area contributed by atoms with Gasteiger partial charge in [0.2, 0.25) is 0 Å². The van der Waals surface area contributed by atoms with Gasteiger partial charge in [-0.3, -0.25) is 0 Å². The fraction of sp³-hybridized carbons (Fsp3) is 1.00. The second-order valence-electron chi connectivity index (χ2n) is 6.20. The molecular formula is C16H34N2O. The maximum absolute atomic E-state index is 5.75. The molecule has 1 aliphatic heterocycles. The Hall–Kier alpha value is -0.120. The lowest BCUT2D eigenvalue weighted by atomic mass is 10.1. The van der Waals surface area contributed by atoms with Crippen molar-refractivity contribution in [3.8, 4) is 0 Å². The molecule has 1 N–H and O–H groups in total. The molecular weight excluding hydrogens is 236 g/mol. The highest BCUT2D eigenvalue weighted by atomic mass is 16.5. The molecule has 0 aliphatic carbocycles. The van der Waals surface area contributed by atoms with E-state index >= 15 is 0 Å². The Morgan fingerprint density at radius 1 is 1.16 bits per heavy atom. The quantitative estimate of drug-likeness (QED) is 0.584. The van der Waals surface area contributed by atoms with Crippen LogP contribution in [0.15, 0.2) is 0 Å². The van der Waals surface area contributed by atoms with E-state index in [0.29, 0.717) is 6.04 Å². The zero-order valence-corrected chi connectivity index (χ0v) is 13.3. The van der Waals surface area contributed by atoms with E-state index in [1.807, 2.05) is 0 Å². The lowest BCUT2D eigenvalue weighted by molar-refractivity contribution is 0.110. The van der Waals surface area contributed by atoms with Crippen LogP contribution >= 0.6 is 0 Å². The van der Waals surface area contributed by atoms with E-state index in [0.717, 1.165) is 25.8 Å². The van der Waals surface area contributed by atoms with Crippen molar-refractivity contribution in [1.82, 2.24) is 10.2 Å². The van der Waals surface area contributed by atoms with Gasteiger partial charge < -0.3 is 15.0 Å². The van der Waals surface area contributed by atoms with Crippen molar-refractivity contribution in [1.29, 1.82) is 0 Å². The van der Waals surface area contributed by atoms with Crippen molar-refractivity contribution in [3.05, 3.63) is 0 Å². The zero-order valence-electron chi connectivity index (χ0n) is 13.3. The second-order valence-corrected chi connectivity index (χ2v) is 6.20. The number of nitrogens with zero attached hydrogens (tertiary/aromatic N) is 1. The van der Waals surface area contributed by atoms with Crippen LogP contribution in [0.25, 0.3) is 0 Å². The summed E-state index contributed by atoms with van der Waals surface area (Å²) < 4.78 is 5.75. The summed E-state index contributed by atoms with van der Waals surface area (Å²) in [6.07, 6.45) is 9.11. The number of nitrogens with one attached hydrogen (secondary N) is 1. The summed E-state index contributed by atoms with van der Waals surface area (Å²) in [6, 6.07) is 1.40. The van der Waals surface area contributed by atoms with E-state index in [-0.39, 0.29) is 0 Å². The van der Waals surface area contributed by atoms with Gasteiger partial charge in [0, 0.05) is 25.3 Å². The number of hydrogen-bond acceptors (Lipinski definition) is 3. The largest absolute Gasteiger partial charge is 0.381 e. The van der Waals surface area contributed by atoms with Crippen LogP contribution in [0, 0.1) is 0 Å². The van der Waals surface area contributed by atoms with E-state index in [9.17, 15) is 0 Å². The molecule has 0 saturated carbocycles. The number of likely N-dealkylation sites (tertiary alicyclic amines) is 1. The van der Waals surface area contributed by atoms with E-state index in [2.05, 4.69) is 31.1 Å². The van der Waals surface area contributed by atoms with Crippen LogP contribution in [0.1, 0.15) is 58.8 Å². The van der Waals surface area contributed by atoms with Crippen LogP contribution in [-0.4, -0.2) is 50.3 Å². The lowest BCUT2D eigenvalue weighted by Crippen LogP contribution is -2.26. The normalized spacial score (nSPS) is 20.5. The van der Waals surface area contributed by atoms with E-state index in [1.54, 1.807) is 0 Å². The Bertz CT molecular complexity index is 209. The molecule has 1 unspecified atom stereocenters. The van der Waals surface area contributed by atoms with E-state index < -0.39 is 0 Å². The average molecular weight is 270 g/mol. The van der Waals surface area contributed by atoms with Crippen molar-refractivity contribution < 1.29 is 4.74 Å². The molecule has 0 amide bonds. The van der Waals surface area contributed by atoms with Gasteiger partial charge in [-0.05, 0) is 52.2 Å². The van der Waals surface area contributed by atoms with Crippen molar-refractivity contribution >= 4 is 0 Å². The van der Waals surface area contributed by atoms with E-state index in [1.165, 1.54) is 51.5 Å². The van der Waals surface area contributed by atoms with Crippen LogP contribution < -0.4 is 5.32 Å². The van der Waals surface area contributed by atoms with Gasteiger partial charge in [-0.2, -0.15) is 0 Å². The van der Waals surface area contributed by atoms with Crippen LogP contribution in [0.4, 0.5) is 0 Å². The molecule has 0 radical (unpaired) electrons. The van der Waals surface area contributed by atoms with Crippen LogP contribution in [-0.2, 0) is 4.74 Å². The molecule has 0 aromatic carbocycles. The Morgan fingerprint density at radius 2 is 1.95 bits per heavy atom. The van der Waals surface area contributed by atoms with Gasteiger partial charge in [0.1, 0.15) is 0 Å². The third-order valence-electron chi connectivity index (χ3n) is 4.03. The number of rotatable bonds is 11. The fourth-order valence-electron chi connectivity index (χ4n) is 2.74. The van der Waals surface area contributed by atoms with E-state index in [4.69, 9.17) is 4.74 Å². The minimum Gasteiger partial charge on any atom is -0.381 e. The Kier molecular flexibility index (Phi) is 9.48. The number of unbranched alkanes of at least 4 members (excludes halogenated alkanes) is 3. The summed E-state index contributed by atoms with van der Waals surface area (Å²) in [4.78, 5) is 2.48. The van der Waals surface area contributed by atoms with Crippen molar-refractivity contribution in [3.63, 3.8) is 0 Å². The molecule has 1 fully saturated rings. The maximum atomic E-state index is 5.75. The van der Waals surface area contributed by atoms with Gasteiger partial charge in [-0.15, -0.1) is 0 Å². The van der Waals surface area contributed by atoms with Crippen LogP contribution in [0.3, 0.4) is 0 Å². The predicted octanol–water partition coefficient (Wildman–Crippen LogP) is 3.05. The first-order chi connectivity index (χ1) is 9.20. The minimum absolute atomic E-state index is 0.622. The summed E-state index contributed by atoms with van der Waals surface area (Å²) in [6.45, 7) is 8.74. The molecule has 0 spiro atoms. The highest BCUT2D eigenvalue weighted by molar-refractivity contribution is 4.75. The summed E-state index contributed by atoms with van der Waals surface area (Å²) in [7, 11) is 2.24. The van der Waals surface area contributed by atoms with Crippen LogP contribution in [0.2, 0.25) is 0 Å². The Morgan fingerprint density at radius 3 is 2.63 bits per heavy atom. The zero-order chi connectivity index (χ0) is 13.9. The molecule has 1 rings (SSSR count). The fourth-order valence-corrected chi connectivity index (χ4v) is 2.74. The molecule has 0 aromatic rings. The first-order valence-electron chi connectivity index (χ1n) is 8.21. The van der Waals surface area contributed by atoms with Gasteiger partial charge >= 0.3 is 0 Å². The monoisotopic (exact) mass is 270 g/mol. The first-order valence-corrected chi connectivity index (χ1v) is 8.21. The van der Waals surface area contributed by atoms with Gasteiger partial charge in [0.05, 0.1) is 0 Å². The highest BCUT2D eigenvalue weighted by Crippen LogP contribution is 2.17. The first kappa shape index (κ1) is 16.9. The Balaban J connectivity index is 1.76. The van der Waals surface area contributed by atoms with Gasteiger partial charge in [-0.25, -0.2) is 0 Å². The molecule has 1 aliphatic rings. The van der Waals surface area contributed by atoms with Gasteiger partial charge in [-0.1, -0.05) is 26.7 Å². The highest BCUT2D eigenvalue weighted by Gasteiger charge is 2.19. The van der Waals surface area contributed by atoms with Gasteiger partial charge in [0.25, 0.3) is 0 Å². The summed E-state index contributed by atoms with van der Waals surface area (Å²) in [5, 5.41) is 3.46. The maximum Gasteiger partial charge on any atom is 0.0480 e. The Labute approximate surface area is 120 Å². The van der Waals surface area contributed by atoms with Crippen molar-refractivity contribution in [2.45, 2.75) is 70.9 Å². The molecule has 0 bridgehead atoms. The molecule has 19 heavy (non-hydrogen) atoms. The standard InChI is InChI=1S/C16H34N2O/c1-15(2)17-11-6-4-5-7-13-19-14-10-16-9-8-12-18(16)3/h15-17H,4-14H2,1-3H3. The number of ether oxygens (including phenoxy) is 1. The third-order valence-corrected chi connectivity index (χ3v) is 4.03. The lowest BCUT2D eigenvalue weighted by Gasteiger charge is -2.18. The molecule has 3 nitrogen and oxygen atoms in total. The topological polar surface area (TPSA) is 24.5 Å². The molecule has 1 saturated heterocycles. The van der Waals surface area contributed by atoms with Crippen molar-refractivity contribution in [2.75, 3.05) is 33.4 Å². The minimum atomic E-state index is 0.622. The third kappa shape index (κ3) is 8.61. The molecule has 1 heterocycles. The smallest absolute Gasteiger partial charge is 0.0480 e. The molecule has 1 atom stereocenters. The molecule has 0 aromatic heterocycles. The molecule has 114 valence electrons. The second kappa shape index (κ2) is 10.6. The summed E-state index contributed by atoms with van der Waals surface area (Å²) in [5.74, 6) is 0. The SMILES string of the molecule is CC(C)NCCCCCCOCCC1CCCN1C. The summed E-state index contributed by atoms with van der Waals surface area (Å²) in [5.41, 5.74) is 0. The molecule has 3 heteroatoms. The van der Waals surface area contributed by atoms with Crippen LogP contribution in [0.5, 0.6) is 0 Å². The predicted molar refractivity (Wildman–Crippen MR) is 82.7 cm³/mol. The summed E-state index contributed by atoms with van der Waals surface area (Å²) >= 11 is 0. The number of hydrogen-bond donors (Lipinski definition) is 1. The van der Waals surface area contributed by atoms with Crippen molar-refractivity contribution in [2.24, 2.45) is 0 Å². The average Bonchev–Trinajstić information content (AvgIpc) is 2.77.